The summed E-state index contributed by atoms with van der Waals surface area (Å²) >= 11 is 0. The van der Waals surface area contributed by atoms with Gasteiger partial charge >= 0.3 is 5.97 Å². The van der Waals surface area contributed by atoms with E-state index in [1.165, 1.54) is 6.92 Å². The Morgan fingerprint density at radius 2 is 1.97 bits per heavy atom. The lowest BCUT2D eigenvalue weighted by molar-refractivity contribution is -0.181. The van der Waals surface area contributed by atoms with Crippen LogP contribution in [0.4, 0.5) is 0 Å². The second-order valence-electron chi connectivity index (χ2n) is 11.5. The van der Waals surface area contributed by atoms with Gasteiger partial charge in [0.1, 0.15) is 17.7 Å². The van der Waals surface area contributed by atoms with E-state index < -0.39 is 16.7 Å². The molecular weight excluding hydrogens is 436 g/mol. The third-order valence-corrected chi connectivity index (χ3v) is 10.1. The Bertz CT molecular complexity index is 883. The predicted octanol–water partition coefficient (Wildman–Crippen LogP) is 2.27. The maximum atomic E-state index is 13.9. The number of esters is 1. The van der Waals surface area contributed by atoms with Gasteiger partial charge in [-0.2, -0.15) is 0 Å². The number of ether oxygens (including phenoxy) is 1. The van der Waals surface area contributed by atoms with Crippen LogP contribution in [0.2, 0.25) is 0 Å². The molecule has 4 aliphatic carbocycles. The number of fused-ring (bicyclic) bond motifs is 5. The highest BCUT2D eigenvalue weighted by Gasteiger charge is 2.66. The number of Topliss-reactive ketones (excluding diaryl/α,β-unsaturated/α-hetero) is 2. The number of nitrogens with zero attached hydrogens (tertiary/aromatic N) is 1. The van der Waals surface area contributed by atoms with Crippen LogP contribution in [0.1, 0.15) is 65.2 Å². The lowest BCUT2D eigenvalue weighted by Gasteiger charge is -2.61. The molecule has 1 heterocycles. The molecular formula is C26H38N2O6. The van der Waals surface area contributed by atoms with Gasteiger partial charge in [0.25, 0.3) is 0 Å². The zero-order valence-electron chi connectivity index (χ0n) is 20.4. The highest BCUT2D eigenvalue weighted by Crippen LogP contribution is 2.65. The number of rotatable bonds is 5. The molecule has 8 nitrogen and oxygen atoms in total. The van der Waals surface area contributed by atoms with Crippen molar-refractivity contribution in [3.8, 4) is 0 Å². The van der Waals surface area contributed by atoms with E-state index in [1.54, 1.807) is 0 Å². The minimum Gasteiger partial charge on any atom is -0.465 e. The molecule has 188 valence electrons. The molecule has 0 aromatic heterocycles. The summed E-state index contributed by atoms with van der Waals surface area (Å²) in [5.41, 5.74) is 0.0895. The molecule has 0 amide bonds. The monoisotopic (exact) mass is 474 g/mol. The molecule has 2 N–H and O–H groups in total. The minimum absolute atomic E-state index is 0.0173. The first-order chi connectivity index (χ1) is 16.3. The fourth-order valence-corrected chi connectivity index (χ4v) is 8.22. The van der Waals surface area contributed by atoms with E-state index in [9.17, 15) is 19.5 Å². The van der Waals surface area contributed by atoms with Crippen LogP contribution in [0, 0.1) is 40.4 Å². The summed E-state index contributed by atoms with van der Waals surface area (Å²) in [6.07, 6.45) is 5.88. The van der Waals surface area contributed by atoms with Gasteiger partial charge in [0.05, 0.1) is 18.9 Å². The standard InChI is InChI=1S/C26H38N2O6/c1-15(30)33-14-26-9-5-16(28-34-17-7-10-27-12-17)11-21(26)18(13-29)24(32)23-19-3-4-22(31)25(19,2)8-6-20(23)26/h17-21,23,27,29H,3-14H2,1-2H3/b28-16+/t17?,18-,19?,20?,21?,23?,25?,26?/m1/s1. The van der Waals surface area contributed by atoms with Crippen molar-refractivity contribution in [3.63, 3.8) is 0 Å². The van der Waals surface area contributed by atoms with E-state index in [0.29, 0.717) is 12.8 Å². The Labute approximate surface area is 201 Å². The normalized spacial score (nSPS) is 45.0. The lowest BCUT2D eigenvalue weighted by atomic mass is 9.42. The van der Waals surface area contributed by atoms with Crippen LogP contribution in [0.3, 0.4) is 0 Å². The van der Waals surface area contributed by atoms with E-state index >= 15 is 0 Å². The number of carbonyl (C=O) groups excluding carboxylic acids is 3. The topological polar surface area (TPSA) is 114 Å². The van der Waals surface area contributed by atoms with Gasteiger partial charge in [-0.05, 0) is 62.8 Å². The number of hydrogen-bond acceptors (Lipinski definition) is 8. The Kier molecular flexibility index (Phi) is 6.34. The van der Waals surface area contributed by atoms with Gasteiger partial charge in [0.2, 0.25) is 0 Å². The smallest absolute Gasteiger partial charge is 0.302 e. The lowest BCUT2D eigenvalue weighted by Crippen LogP contribution is -2.63. The third-order valence-electron chi connectivity index (χ3n) is 10.1. The fourth-order valence-electron chi connectivity index (χ4n) is 8.22. The summed E-state index contributed by atoms with van der Waals surface area (Å²) in [4.78, 5) is 44.4. The molecule has 5 fully saturated rings. The number of nitrogens with one attached hydrogen (secondary N) is 1. The molecule has 5 aliphatic rings. The maximum absolute atomic E-state index is 13.9. The first-order valence-corrected chi connectivity index (χ1v) is 13.0. The number of oxime groups is 1. The Hall–Kier alpha value is -1.80. The van der Waals surface area contributed by atoms with Gasteiger partial charge in [0, 0.05) is 49.0 Å². The number of carbonyl (C=O) groups is 3. The summed E-state index contributed by atoms with van der Waals surface area (Å²) in [6, 6.07) is 0. The van der Waals surface area contributed by atoms with Crippen molar-refractivity contribution in [1.82, 2.24) is 5.32 Å². The van der Waals surface area contributed by atoms with Crippen LogP contribution in [-0.2, 0) is 24.0 Å². The van der Waals surface area contributed by atoms with E-state index in [0.717, 1.165) is 57.3 Å². The predicted molar refractivity (Wildman–Crippen MR) is 124 cm³/mol. The van der Waals surface area contributed by atoms with E-state index in [1.807, 2.05) is 6.92 Å². The van der Waals surface area contributed by atoms with Gasteiger partial charge in [-0.1, -0.05) is 12.1 Å². The Morgan fingerprint density at radius 3 is 2.68 bits per heavy atom. The molecule has 1 saturated heterocycles. The highest BCUT2D eigenvalue weighted by molar-refractivity contribution is 5.93. The molecule has 0 radical (unpaired) electrons. The molecule has 7 unspecified atom stereocenters. The summed E-state index contributed by atoms with van der Waals surface area (Å²) in [7, 11) is 0. The van der Waals surface area contributed by atoms with Gasteiger partial charge < -0.3 is 20.0 Å². The fraction of sp³-hybridized carbons (Fsp3) is 0.846. The number of hydrogen-bond donors (Lipinski definition) is 2. The van der Waals surface area contributed by atoms with Gasteiger partial charge in [-0.15, -0.1) is 0 Å². The molecule has 8 heteroatoms. The van der Waals surface area contributed by atoms with E-state index in [4.69, 9.17) is 9.57 Å². The average Bonchev–Trinajstić information content (AvgIpc) is 3.44. The molecule has 34 heavy (non-hydrogen) atoms. The summed E-state index contributed by atoms with van der Waals surface area (Å²) in [5.74, 6) is -0.815. The number of aliphatic hydroxyl groups is 1. The van der Waals surface area contributed by atoms with Crippen molar-refractivity contribution in [2.75, 3.05) is 26.3 Å². The average molecular weight is 475 g/mol. The van der Waals surface area contributed by atoms with Crippen LogP contribution >= 0.6 is 0 Å². The van der Waals surface area contributed by atoms with Gasteiger partial charge in [0.15, 0.2) is 0 Å². The highest BCUT2D eigenvalue weighted by atomic mass is 16.6. The minimum atomic E-state index is -0.534. The number of ketones is 2. The first-order valence-electron chi connectivity index (χ1n) is 13.0. The van der Waals surface area contributed by atoms with Crippen LogP contribution in [0.25, 0.3) is 0 Å². The first kappa shape index (κ1) is 23.9. The largest absolute Gasteiger partial charge is 0.465 e. The molecule has 5 rings (SSSR count). The van der Waals surface area contributed by atoms with Crippen molar-refractivity contribution in [3.05, 3.63) is 0 Å². The summed E-state index contributed by atoms with van der Waals surface area (Å²) < 4.78 is 5.67. The van der Waals surface area contributed by atoms with E-state index in [-0.39, 0.29) is 60.5 Å². The zero-order chi connectivity index (χ0) is 24.1. The van der Waals surface area contributed by atoms with Crippen molar-refractivity contribution < 1.29 is 29.1 Å². The van der Waals surface area contributed by atoms with E-state index in [2.05, 4.69) is 10.5 Å². The van der Waals surface area contributed by atoms with Crippen LogP contribution in [0.5, 0.6) is 0 Å². The summed E-state index contributed by atoms with van der Waals surface area (Å²) in [6.45, 7) is 5.21. The molecule has 4 saturated carbocycles. The van der Waals surface area contributed by atoms with Crippen molar-refractivity contribution in [2.45, 2.75) is 71.3 Å². The van der Waals surface area contributed by atoms with Crippen LogP contribution in [-0.4, -0.2) is 60.8 Å². The molecule has 8 atom stereocenters. The summed E-state index contributed by atoms with van der Waals surface area (Å²) in [5, 5.41) is 18.2. The van der Waals surface area contributed by atoms with Gasteiger partial charge in [-0.25, -0.2) is 0 Å². The van der Waals surface area contributed by atoms with Crippen molar-refractivity contribution >= 4 is 23.2 Å². The van der Waals surface area contributed by atoms with Crippen molar-refractivity contribution in [2.24, 2.45) is 45.6 Å². The van der Waals surface area contributed by atoms with Crippen LogP contribution in [0.15, 0.2) is 5.16 Å². The van der Waals surface area contributed by atoms with Gasteiger partial charge in [-0.3, -0.25) is 14.4 Å². The second kappa shape index (κ2) is 9.01. The SMILES string of the molecule is CC(=O)OCC12CC/C(=N\OC3CCNC3)CC1[C@@H](CO)C(=O)C1C3CCC(=O)C3(C)CCC12. The Morgan fingerprint density at radius 1 is 1.15 bits per heavy atom. The Balaban J connectivity index is 1.48. The van der Waals surface area contributed by atoms with Crippen LogP contribution < -0.4 is 5.32 Å². The molecule has 1 aliphatic heterocycles. The molecule has 0 spiro atoms. The molecule has 0 bridgehead atoms. The molecule has 0 aromatic rings. The number of aliphatic hydroxyl groups excluding tert-OH is 1. The van der Waals surface area contributed by atoms with Crippen molar-refractivity contribution in [1.29, 1.82) is 0 Å². The third kappa shape index (κ3) is 3.72. The maximum Gasteiger partial charge on any atom is 0.302 e. The molecule has 0 aromatic carbocycles. The second-order valence-corrected chi connectivity index (χ2v) is 11.5. The quantitative estimate of drug-likeness (QED) is 0.464. The zero-order valence-corrected chi connectivity index (χ0v) is 20.4.